The first kappa shape index (κ1) is 15.3. The number of rotatable bonds is 2. The summed E-state index contributed by atoms with van der Waals surface area (Å²) in [5, 5.41) is 0. The lowest BCUT2D eigenvalue weighted by atomic mass is 9.93. The average Bonchev–Trinajstić information content (AvgIpc) is 2.55. The maximum absolute atomic E-state index is 13.0. The van der Waals surface area contributed by atoms with Gasteiger partial charge in [0.15, 0.2) is 0 Å². The molecule has 116 valence electrons. The number of nitrogens with zero attached hydrogens (tertiary/aromatic N) is 2. The lowest BCUT2D eigenvalue weighted by Crippen LogP contribution is -2.45. The highest BCUT2D eigenvalue weighted by molar-refractivity contribution is 9.10. The van der Waals surface area contributed by atoms with Gasteiger partial charge < -0.3 is 9.80 Å². The van der Waals surface area contributed by atoms with E-state index in [4.69, 9.17) is 0 Å². The smallest absolute Gasteiger partial charge is 0.255 e. The Labute approximate surface area is 140 Å². The summed E-state index contributed by atoms with van der Waals surface area (Å²) in [6, 6.07) is 7.88. The van der Waals surface area contributed by atoms with Crippen molar-refractivity contribution in [1.29, 1.82) is 0 Å². The summed E-state index contributed by atoms with van der Waals surface area (Å²) in [5.41, 5.74) is 2.00. The molecule has 2 aliphatic heterocycles. The van der Waals surface area contributed by atoms with E-state index in [9.17, 15) is 4.79 Å². The highest BCUT2D eigenvalue weighted by atomic mass is 79.9. The Morgan fingerprint density at radius 3 is 2.86 bits per heavy atom. The van der Waals surface area contributed by atoms with Gasteiger partial charge in [-0.05, 0) is 52.9 Å². The monoisotopic (exact) mass is 360 g/mol. The summed E-state index contributed by atoms with van der Waals surface area (Å²) < 4.78 is 0.870. The number of benzene rings is 1. The molecule has 0 saturated carbocycles. The molecule has 2 heterocycles. The molecule has 1 unspecified atom stereocenters. The predicted molar refractivity (Wildman–Crippen MR) is 92.7 cm³/mol. The molecule has 3 rings (SSSR count). The van der Waals surface area contributed by atoms with Crippen LogP contribution in [0, 0.1) is 0 Å². The van der Waals surface area contributed by atoms with E-state index in [-0.39, 0.29) is 11.9 Å². The molecule has 3 nitrogen and oxygen atoms in total. The lowest BCUT2D eigenvalue weighted by molar-refractivity contribution is 0.0653. The van der Waals surface area contributed by atoms with Gasteiger partial charge in [0, 0.05) is 30.8 Å². The Morgan fingerprint density at radius 1 is 1.27 bits per heavy atom. The van der Waals surface area contributed by atoms with E-state index in [0.29, 0.717) is 0 Å². The van der Waals surface area contributed by atoms with E-state index >= 15 is 0 Å². The lowest BCUT2D eigenvalue weighted by Gasteiger charge is -2.38. The highest BCUT2D eigenvalue weighted by Gasteiger charge is 2.30. The third-order valence-corrected chi connectivity index (χ3v) is 5.02. The van der Waals surface area contributed by atoms with E-state index in [1.54, 1.807) is 0 Å². The standard InChI is InChI=1S/C18H21BrN2O/c1-20-11-6-7-14(13-20)17-10-4-5-12-21(17)18(22)15-8-2-3-9-16(15)19/h2-3,6-9,13,17H,4-5,10-12H2,1H3. The fraction of sp³-hybridized carbons (Fsp3) is 0.389. The average molecular weight is 361 g/mol. The van der Waals surface area contributed by atoms with E-state index in [0.717, 1.165) is 36.0 Å². The van der Waals surface area contributed by atoms with Crippen LogP contribution >= 0.6 is 15.9 Å². The first-order chi connectivity index (χ1) is 10.7. The van der Waals surface area contributed by atoms with E-state index in [2.05, 4.69) is 46.2 Å². The zero-order valence-electron chi connectivity index (χ0n) is 12.8. The molecule has 0 N–H and O–H groups in total. The fourth-order valence-corrected chi connectivity index (χ4v) is 3.67. The Bertz CT molecular complexity index is 623. The maximum Gasteiger partial charge on any atom is 0.255 e. The van der Waals surface area contributed by atoms with Crippen LogP contribution in [0.3, 0.4) is 0 Å². The molecular weight excluding hydrogens is 340 g/mol. The minimum atomic E-state index is 0.125. The molecule has 0 radical (unpaired) electrons. The van der Waals surface area contributed by atoms with Gasteiger partial charge in [-0.3, -0.25) is 4.79 Å². The largest absolute Gasteiger partial charge is 0.376 e. The summed E-state index contributed by atoms with van der Waals surface area (Å²) in [6.07, 6.45) is 9.83. The maximum atomic E-state index is 13.0. The molecule has 0 aromatic heterocycles. The minimum absolute atomic E-state index is 0.125. The molecule has 0 spiro atoms. The molecule has 1 saturated heterocycles. The minimum Gasteiger partial charge on any atom is -0.376 e. The van der Waals surface area contributed by atoms with Gasteiger partial charge in [-0.1, -0.05) is 24.3 Å². The van der Waals surface area contributed by atoms with Gasteiger partial charge in [-0.15, -0.1) is 0 Å². The van der Waals surface area contributed by atoms with Gasteiger partial charge in [-0.2, -0.15) is 0 Å². The van der Waals surface area contributed by atoms with Gasteiger partial charge in [-0.25, -0.2) is 0 Å². The number of halogens is 1. The zero-order valence-corrected chi connectivity index (χ0v) is 14.4. The van der Waals surface area contributed by atoms with Gasteiger partial charge in [0.2, 0.25) is 0 Å². The zero-order chi connectivity index (χ0) is 15.5. The van der Waals surface area contributed by atoms with Gasteiger partial charge >= 0.3 is 0 Å². The van der Waals surface area contributed by atoms with Crippen LogP contribution in [0.15, 0.2) is 52.7 Å². The highest BCUT2D eigenvalue weighted by Crippen LogP contribution is 2.28. The molecule has 2 aliphatic rings. The molecular formula is C18H21BrN2O. The normalized spacial score (nSPS) is 21.7. The number of likely N-dealkylation sites (tertiary alicyclic amines) is 1. The fourth-order valence-electron chi connectivity index (χ4n) is 3.21. The van der Waals surface area contributed by atoms with E-state index in [1.165, 1.54) is 12.0 Å². The molecule has 4 heteroatoms. The van der Waals surface area contributed by atoms with E-state index < -0.39 is 0 Å². The number of hydrogen-bond acceptors (Lipinski definition) is 2. The molecule has 1 aromatic carbocycles. The quantitative estimate of drug-likeness (QED) is 0.799. The third kappa shape index (κ3) is 3.12. The van der Waals surface area contributed by atoms with Crippen molar-refractivity contribution in [2.24, 2.45) is 0 Å². The molecule has 1 aromatic rings. The second-order valence-electron chi connectivity index (χ2n) is 5.96. The number of amides is 1. The van der Waals surface area contributed by atoms with Crippen molar-refractivity contribution in [2.75, 3.05) is 20.1 Å². The van der Waals surface area contributed by atoms with Gasteiger partial charge in [0.05, 0.1) is 11.6 Å². The number of carbonyl (C=O) groups excluding carboxylic acids is 1. The SMILES string of the molecule is CN1C=C(C2CCCCN2C(=O)c2ccccc2Br)C=CC1. The molecule has 1 atom stereocenters. The molecule has 0 bridgehead atoms. The summed E-state index contributed by atoms with van der Waals surface area (Å²) in [6.45, 7) is 1.77. The predicted octanol–water partition coefficient (Wildman–Crippen LogP) is 3.83. The summed E-state index contributed by atoms with van der Waals surface area (Å²) >= 11 is 3.50. The van der Waals surface area contributed by atoms with Crippen molar-refractivity contribution in [2.45, 2.75) is 25.3 Å². The first-order valence-electron chi connectivity index (χ1n) is 7.81. The Morgan fingerprint density at radius 2 is 2.09 bits per heavy atom. The van der Waals surface area contributed by atoms with Crippen molar-refractivity contribution in [3.05, 3.63) is 58.2 Å². The Kier molecular flexibility index (Phi) is 4.67. The summed E-state index contributed by atoms with van der Waals surface area (Å²) in [5.74, 6) is 0.125. The second kappa shape index (κ2) is 6.69. The van der Waals surface area contributed by atoms with Crippen molar-refractivity contribution in [3.63, 3.8) is 0 Å². The second-order valence-corrected chi connectivity index (χ2v) is 6.82. The van der Waals surface area contributed by atoms with Crippen LogP contribution in [0.5, 0.6) is 0 Å². The van der Waals surface area contributed by atoms with Crippen LogP contribution in [0.2, 0.25) is 0 Å². The van der Waals surface area contributed by atoms with Crippen LogP contribution in [0.25, 0.3) is 0 Å². The molecule has 1 fully saturated rings. The molecule has 0 aliphatic carbocycles. The van der Waals surface area contributed by atoms with Crippen molar-refractivity contribution >= 4 is 21.8 Å². The topological polar surface area (TPSA) is 23.6 Å². The van der Waals surface area contributed by atoms with Crippen LogP contribution < -0.4 is 0 Å². The van der Waals surface area contributed by atoms with Crippen molar-refractivity contribution in [3.8, 4) is 0 Å². The molecule has 1 amide bonds. The number of hydrogen-bond donors (Lipinski definition) is 0. The summed E-state index contributed by atoms with van der Waals surface area (Å²) in [7, 11) is 2.08. The Hall–Kier alpha value is -1.55. The van der Waals surface area contributed by atoms with Crippen LogP contribution in [0.4, 0.5) is 0 Å². The number of likely N-dealkylation sites (N-methyl/N-ethyl adjacent to an activating group) is 1. The van der Waals surface area contributed by atoms with Crippen LogP contribution in [-0.4, -0.2) is 41.9 Å². The van der Waals surface area contributed by atoms with Crippen LogP contribution in [-0.2, 0) is 0 Å². The Balaban J connectivity index is 1.88. The van der Waals surface area contributed by atoms with Gasteiger partial charge in [0.25, 0.3) is 5.91 Å². The van der Waals surface area contributed by atoms with E-state index in [1.807, 2.05) is 29.2 Å². The van der Waals surface area contributed by atoms with Crippen molar-refractivity contribution in [1.82, 2.24) is 9.80 Å². The number of carbonyl (C=O) groups is 1. The van der Waals surface area contributed by atoms with Crippen molar-refractivity contribution < 1.29 is 4.79 Å². The first-order valence-corrected chi connectivity index (χ1v) is 8.60. The third-order valence-electron chi connectivity index (χ3n) is 4.33. The molecule has 22 heavy (non-hydrogen) atoms. The van der Waals surface area contributed by atoms with Crippen LogP contribution in [0.1, 0.15) is 29.6 Å². The van der Waals surface area contributed by atoms with Gasteiger partial charge in [0.1, 0.15) is 0 Å². The summed E-state index contributed by atoms with van der Waals surface area (Å²) in [4.78, 5) is 17.2. The number of piperidine rings is 1.